The van der Waals surface area contributed by atoms with E-state index in [0.29, 0.717) is 45.1 Å². The van der Waals surface area contributed by atoms with Crippen molar-refractivity contribution in [2.45, 2.75) is 32.6 Å². The van der Waals surface area contributed by atoms with Gasteiger partial charge in [0.1, 0.15) is 5.41 Å². The Kier molecular flexibility index (Phi) is 4.39. The largest absolute Gasteiger partial charge is 0.378 e. The van der Waals surface area contributed by atoms with Crippen LogP contribution in [-0.2, 0) is 14.3 Å². The first-order valence-corrected chi connectivity index (χ1v) is 8.31. The van der Waals surface area contributed by atoms with Crippen LogP contribution in [0.2, 0.25) is 0 Å². The van der Waals surface area contributed by atoms with Crippen molar-refractivity contribution in [3.05, 3.63) is 29.8 Å². The highest BCUT2D eigenvalue weighted by Gasteiger charge is 2.58. The molecule has 0 aromatic heterocycles. The lowest BCUT2D eigenvalue weighted by Crippen LogP contribution is -2.47. The molecule has 0 bridgehead atoms. The van der Waals surface area contributed by atoms with Gasteiger partial charge >= 0.3 is 0 Å². The lowest BCUT2D eigenvalue weighted by Gasteiger charge is -2.30. The van der Waals surface area contributed by atoms with Crippen molar-refractivity contribution < 1.29 is 14.3 Å². The highest BCUT2D eigenvalue weighted by molar-refractivity contribution is 6.13. The second-order valence-electron chi connectivity index (χ2n) is 6.72. The van der Waals surface area contributed by atoms with Gasteiger partial charge in [-0.15, -0.1) is 0 Å². The van der Waals surface area contributed by atoms with Crippen LogP contribution in [0.1, 0.15) is 38.2 Å². The summed E-state index contributed by atoms with van der Waals surface area (Å²) in [6.07, 6.45) is 1.28. The van der Waals surface area contributed by atoms with Crippen molar-refractivity contribution in [3.8, 4) is 0 Å². The second-order valence-corrected chi connectivity index (χ2v) is 6.72. The molecule has 2 amide bonds. The number of nitrogens with zero attached hydrogens (tertiary/aromatic N) is 1. The highest BCUT2D eigenvalue weighted by atomic mass is 16.5. The van der Waals surface area contributed by atoms with Gasteiger partial charge in [0.25, 0.3) is 0 Å². The Morgan fingerprint density at radius 1 is 1.13 bits per heavy atom. The molecule has 5 heteroatoms. The first kappa shape index (κ1) is 16.0. The summed E-state index contributed by atoms with van der Waals surface area (Å²) < 4.78 is 5.28. The van der Waals surface area contributed by atoms with Crippen LogP contribution < -0.4 is 5.32 Å². The lowest BCUT2D eigenvalue weighted by molar-refractivity contribution is -0.145. The third-order valence-electron chi connectivity index (χ3n) is 4.73. The number of amides is 2. The van der Waals surface area contributed by atoms with Crippen LogP contribution >= 0.6 is 0 Å². The second kappa shape index (κ2) is 6.32. The first-order valence-electron chi connectivity index (χ1n) is 8.31. The number of hydrogen-bond acceptors (Lipinski definition) is 3. The number of rotatable bonds is 4. The van der Waals surface area contributed by atoms with E-state index in [-0.39, 0.29) is 11.8 Å². The molecule has 0 atom stereocenters. The Balaban J connectivity index is 1.66. The third-order valence-corrected chi connectivity index (χ3v) is 4.73. The molecule has 2 fully saturated rings. The van der Waals surface area contributed by atoms with Gasteiger partial charge in [-0.2, -0.15) is 0 Å². The van der Waals surface area contributed by atoms with E-state index in [1.165, 1.54) is 5.56 Å². The van der Waals surface area contributed by atoms with Gasteiger partial charge in [0.2, 0.25) is 11.8 Å². The first-order chi connectivity index (χ1) is 11.0. The van der Waals surface area contributed by atoms with E-state index in [0.717, 1.165) is 5.69 Å². The minimum absolute atomic E-state index is 0.0444. The van der Waals surface area contributed by atoms with Crippen molar-refractivity contribution in [1.29, 1.82) is 0 Å². The van der Waals surface area contributed by atoms with Crippen LogP contribution in [0, 0.1) is 5.41 Å². The molecule has 2 aliphatic rings. The highest BCUT2D eigenvalue weighted by Crippen LogP contribution is 2.48. The Morgan fingerprint density at radius 3 is 2.26 bits per heavy atom. The molecule has 0 spiro atoms. The van der Waals surface area contributed by atoms with E-state index in [1.807, 2.05) is 24.3 Å². The number of nitrogens with one attached hydrogen (secondary N) is 1. The molecule has 1 aliphatic heterocycles. The molecule has 1 saturated heterocycles. The van der Waals surface area contributed by atoms with Crippen LogP contribution in [-0.4, -0.2) is 43.0 Å². The lowest BCUT2D eigenvalue weighted by atomic mass is 10.0. The van der Waals surface area contributed by atoms with Crippen LogP contribution in [0.3, 0.4) is 0 Å². The monoisotopic (exact) mass is 316 g/mol. The van der Waals surface area contributed by atoms with Gasteiger partial charge in [-0.25, -0.2) is 0 Å². The summed E-state index contributed by atoms with van der Waals surface area (Å²) in [6.45, 7) is 6.54. The number of anilines is 1. The smallest absolute Gasteiger partial charge is 0.240 e. The predicted octanol–water partition coefficient (Wildman–Crippen LogP) is 2.39. The standard InChI is InChI=1S/C18H24N2O3/c1-13(2)14-3-5-15(6-4-14)19-16(21)18(7-8-18)17(22)20-9-11-23-12-10-20/h3-6,13H,7-12H2,1-2H3,(H,19,21). The van der Waals surface area contributed by atoms with Gasteiger partial charge < -0.3 is 15.0 Å². The Bertz CT molecular complexity index is 585. The predicted molar refractivity (Wildman–Crippen MR) is 88.2 cm³/mol. The maximum absolute atomic E-state index is 12.7. The van der Waals surface area contributed by atoms with Crippen molar-refractivity contribution >= 4 is 17.5 Å². The van der Waals surface area contributed by atoms with Crippen molar-refractivity contribution in [3.63, 3.8) is 0 Å². The van der Waals surface area contributed by atoms with Crippen LogP contribution in [0.4, 0.5) is 5.69 Å². The summed E-state index contributed by atoms with van der Waals surface area (Å²) >= 11 is 0. The number of hydrogen-bond donors (Lipinski definition) is 1. The van der Waals surface area contributed by atoms with E-state index >= 15 is 0 Å². The SMILES string of the molecule is CC(C)c1ccc(NC(=O)C2(C(=O)N3CCOCC3)CC2)cc1. The maximum atomic E-state index is 12.7. The number of carbonyl (C=O) groups excluding carboxylic acids is 2. The van der Waals surface area contributed by atoms with Gasteiger partial charge in [0, 0.05) is 18.8 Å². The molecule has 1 saturated carbocycles. The fourth-order valence-corrected chi connectivity index (χ4v) is 2.93. The Hall–Kier alpha value is -1.88. The average molecular weight is 316 g/mol. The molecule has 1 aromatic rings. The molecule has 0 unspecified atom stereocenters. The molecule has 5 nitrogen and oxygen atoms in total. The fraction of sp³-hybridized carbons (Fsp3) is 0.556. The molecule has 3 rings (SSSR count). The van der Waals surface area contributed by atoms with Gasteiger partial charge in [-0.05, 0) is 36.5 Å². The quantitative estimate of drug-likeness (QED) is 0.868. The molecule has 124 valence electrons. The summed E-state index contributed by atoms with van der Waals surface area (Å²) in [4.78, 5) is 27.0. The average Bonchev–Trinajstić information content (AvgIpc) is 3.37. The minimum atomic E-state index is -0.853. The topological polar surface area (TPSA) is 58.6 Å². The van der Waals surface area contributed by atoms with E-state index in [9.17, 15) is 9.59 Å². The summed E-state index contributed by atoms with van der Waals surface area (Å²) in [6, 6.07) is 7.85. The van der Waals surface area contributed by atoms with Gasteiger partial charge in [0.15, 0.2) is 0 Å². The molecule has 1 N–H and O–H groups in total. The molecular weight excluding hydrogens is 292 g/mol. The molecule has 0 radical (unpaired) electrons. The number of ether oxygens (including phenoxy) is 1. The molecule has 1 aromatic carbocycles. The molecule has 1 heterocycles. The maximum Gasteiger partial charge on any atom is 0.240 e. The van der Waals surface area contributed by atoms with E-state index < -0.39 is 5.41 Å². The number of benzene rings is 1. The Labute approximate surface area is 137 Å². The van der Waals surface area contributed by atoms with Gasteiger partial charge in [-0.1, -0.05) is 26.0 Å². The molecule has 1 aliphatic carbocycles. The number of morpholine rings is 1. The van der Waals surface area contributed by atoms with Crippen molar-refractivity contribution in [2.75, 3.05) is 31.6 Å². The zero-order valence-electron chi connectivity index (χ0n) is 13.8. The van der Waals surface area contributed by atoms with Crippen LogP contribution in [0.15, 0.2) is 24.3 Å². The van der Waals surface area contributed by atoms with Crippen LogP contribution in [0.25, 0.3) is 0 Å². The van der Waals surface area contributed by atoms with Crippen molar-refractivity contribution in [1.82, 2.24) is 4.90 Å². The zero-order valence-corrected chi connectivity index (χ0v) is 13.8. The molecular formula is C18H24N2O3. The van der Waals surface area contributed by atoms with Gasteiger partial charge in [-0.3, -0.25) is 9.59 Å². The van der Waals surface area contributed by atoms with E-state index in [4.69, 9.17) is 4.74 Å². The Morgan fingerprint density at radius 2 is 1.74 bits per heavy atom. The third kappa shape index (κ3) is 3.24. The van der Waals surface area contributed by atoms with E-state index in [2.05, 4.69) is 19.2 Å². The summed E-state index contributed by atoms with van der Waals surface area (Å²) in [5, 5.41) is 2.91. The molecule has 23 heavy (non-hydrogen) atoms. The normalized spacial score (nSPS) is 19.5. The summed E-state index contributed by atoms with van der Waals surface area (Å²) in [7, 11) is 0. The van der Waals surface area contributed by atoms with E-state index in [1.54, 1.807) is 4.90 Å². The fourth-order valence-electron chi connectivity index (χ4n) is 2.93. The zero-order chi connectivity index (χ0) is 16.4. The van der Waals surface area contributed by atoms with Crippen LogP contribution in [0.5, 0.6) is 0 Å². The van der Waals surface area contributed by atoms with Crippen molar-refractivity contribution in [2.24, 2.45) is 5.41 Å². The number of carbonyl (C=O) groups is 2. The van der Waals surface area contributed by atoms with Gasteiger partial charge in [0.05, 0.1) is 13.2 Å². The summed E-state index contributed by atoms with van der Waals surface area (Å²) in [5.74, 6) is 0.237. The summed E-state index contributed by atoms with van der Waals surface area (Å²) in [5.41, 5.74) is 1.13. The minimum Gasteiger partial charge on any atom is -0.378 e.